The summed E-state index contributed by atoms with van der Waals surface area (Å²) >= 11 is 0. The van der Waals surface area contributed by atoms with Gasteiger partial charge in [0.05, 0.1) is 6.20 Å². The first-order valence-corrected chi connectivity index (χ1v) is 5.91. The Bertz CT molecular complexity index is 640. The molecule has 1 heterocycles. The van der Waals surface area contributed by atoms with Gasteiger partial charge in [0.1, 0.15) is 0 Å². The second-order valence-corrected chi connectivity index (χ2v) is 4.08. The lowest BCUT2D eigenvalue weighted by molar-refractivity contribution is 0.104. The largest absolute Gasteiger partial charge is 0.289 e. The van der Waals surface area contributed by atoms with Gasteiger partial charge in [-0.3, -0.25) is 9.89 Å². The molecule has 1 aromatic heterocycles. The number of aromatic nitrogens is 3. The number of rotatable bonds is 0. The molecule has 3 aromatic rings. The van der Waals surface area contributed by atoms with Crippen molar-refractivity contribution in [3.63, 3.8) is 0 Å². The van der Waals surface area contributed by atoms with E-state index in [0.717, 1.165) is 22.3 Å². The molecule has 4 heteroatoms. The molecule has 0 radical (unpaired) electrons. The highest BCUT2D eigenvalue weighted by Gasteiger charge is 2.24. The highest BCUT2D eigenvalue weighted by atomic mass is 16.1. The van der Waals surface area contributed by atoms with Gasteiger partial charge in [-0.25, -0.2) is 0 Å². The van der Waals surface area contributed by atoms with E-state index < -0.39 is 0 Å². The Balaban J connectivity index is 0.000000187. The lowest BCUT2D eigenvalue weighted by atomic mass is 10.1. The van der Waals surface area contributed by atoms with Crippen LogP contribution in [0.15, 0.2) is 60.9 Å². The fourth-order valence-electron chi connectivity index (χ4n) is 2.14. The van der Waals surface area contributed by atoms with E-state index in [2.05, 4.69) is 15.4 Å². The fraction of sp³-hybridized carbons (Fsp3) is 0. The summed E-state index contributed by atoms with van der Waals surface area (Å²) in [7, 11) is 0. The van der Waals surface area contributed by atoms with Crippen molar-refractivity contribution in [1.82, 2.24) is 15.4 Å². The Hall–Kier alpha value is -2.75. The van der Waals surface area contributed by atoms with Crippen molar-refractivity contribution in [2.75, 3.05) is 0 Å². The first-order chi connectivity index (χ1) is 9.38. The van der Waals surface area contributed by atoms with Crippen LogP contribution in [0.1, 0.15) is 15.9 Å². The molecule has 92 valence electrons. The van der Waals surface area contributed by atoms with Crippen molar-refractivity contribution < 1.29 is 4.79 Å². The predicted molar refractivity (Wildman–Crippen MR) is 71.7 cm³/mol. The zero-order chi connectivity index (χ0) is 13.1. The summed E-state index contributed by atoms with van der Waals surface area (Å²) in [6, 6.07) is 15.5. The fourth-order valence-corrected chi connectivity index (χ4v) is 2.14. The number of nitrogens with zero attached hydrogens (tertiary/aromatic N) is 2. The number of benzene rings is 2. The van der Waals surface area contributed by atoms with E-state index in [1.54, 1.807) is 12.4 Å². The van der Waals surface area contributed by atoms with Crippen molar-refractivity contribution in [2.24, 2.45) is 0 Å². The van der Waals surface area contributed by atoms with Crippen LogP contribution in [-0.2, 0) is 0 Å². The summed E-state index contributed by atoms with van der Waals surface area (Å²) in [4.78, 5) is 11.9. The highest BCUT2D eigenvalue weighted by Crippen LogP contribution is 2.35. The molecule has 1 N–H and O–H groups in total. The van der Waals surface area contributed by atoms with Gasteiger partial charge in [-0.1, -0.05) is 53.7 Å². The quantitative estimate of drug-likeness (QED) is 0.521. The minimum absolute atomic E-state index is 0.149. The van der Waals surface area contributed by atoms with Gasteiger partial charge >= 0.3 is 0 Å². The zero-order valence-corrected chi connectivity index (χ0v) is 10.1. The molecule has 1 aliphatic rings. The molecule has 0 fully saturated rings. The van der Waals surface area contributed by atoms with E-state index in [1.807, 2.05) is 48.5 Å². The van der Waals surface area contributed by atoms with Crippen LogP contribution in [0, 0.1) is 0 Å². The monoisotopic (exact) mass is 249 g/mol. The molecule has 0 bridgehead atoms. The van der Waals surface area contributed by atoms with Crippen LogP contribution in [0.5, 0.6) is 0 Å². The number of ketones is 1. The molecule has 4 rings (SSSR count). The topological polar surface area (TPSA) is 58.6 Å². The van der Waals surface area contributed by atoms with Crippen LogP contribution in [0.3, 0.4) is 0 Å². The number of carbonyl (C=O) groups excluding carboxylic acids is 1. The molecule has 0 amide bonds. The van der Waals surface area contributed by atoms with Gasteiger partial charge in [0.2, 0.25) is 0 Å². The number of H-pyrrole nitrogens is 1. The van der Waals surface area contributed by atoms with E-state index in [4.69, 9.17) is 0 Å². The third kappa shape index (κ3) is 2.04. The molecule has 0 aliphatic heterocycles. The normalized spacial score (nSPS) is 11.3. The van der Waals surface area contributed by atoms with Gasteiger partial charge in [0, 0.05) is 17.3 Å². The average Bonchev–Trinajstić information content (AvgIpc) is 3.12. The molecule has 0 atom stereocenters. The summed E-state index contributed by atoms with van der Waals surface area (Å²) in [5.41, 5.74) is 3.78. The number of nitrogens with one attached hydrogen (secondary N) is 1. The first kappa shape index (κ1) is 11.3. The maximum atomic E-state index is 11.9. The minimum Gasteiger partial charge on any atom is -0.289 e. The van der Waals surface area contributed by atoms with Gasteiger partial charge in [-0.05, 0) is 11.1 Å². The second kappa shape index (κ2) is 4.86. The van der Waals surface area contributed by atoms with Crippen LogP contribution in [0.2, 0.25) is 0 Å². The average molecular weight is 249 g/mol. The molecule has 0 unspecified atom stereocenters. The number of hydrogen-bond acceptors (Lipinski definition) is 3. The predicted octanol–water partition coefficient (Wildman–Crippen LogP) is 2.70. The molecule has 4 nitrogen and oxygen atoms in total. The van der Waals surface area contributed by atoms with E-state index in [-0.39, 0.29) is 5.78 Å². The number of fused-ring (bicyclic) bond motifs is 3. The van der Waals surface area contributed by atoms with E-state index in [9.17, 15) is 4.79 Å². The van der Waals surface area contributed by atoms with Crippen LogP contribution in [0.4, 0.5) is 0 Å². The van der Waals surface area contributed by atoms with Crippen molar-refractivity contribution in [3.8, 4) is 11.1 Å². The van der Waals surface area contributed by atoms with Gasteiger partial charge in [0.25, 0.3) is 0 Å². The molecule has 2 aromatic carbocycles. The smallest absolute Gasteiger partial charge is 0.194 e. The lowest BCUT2D eigenvalue weighted by Gasteiger charge is -1.96. The van der Waals surface area contributed by atoms with E-state index >= 15 is 0 Å². The van der Waals surface area contributed by atoms with Crippen molar-refractivity contribution >= 4 is 5.78 Å². The molecule has 1 aliphatic carbocycles. The van der Waals surface area contributed by atoms with E-state index in [0.29, 0.717) is 0 Å². The second-order valence-electron chi connectivity index (χ2n) is 4.08. The minimum atomic E-state index is 0.149. The van der Waals surface area contributed by atoms with Crippen LogP contribution >= 0.6 is 0 Å². The Morgan fingerprint density at radius 1 is 0.789 bits per heavy atom. The Kier molecular flexibility index (Phi) is 2.90. The molecular formula is C15H11N3O. The molecule has 0 saturated carbocycles. The van der Waals surface area contributed by atoms with Gasteiger partial charge < -0.3 is 0 Å². The van der Waals surface area contributed by atoms with E-state index in [1.165, 1.54) is 0 Å². The maximum Gasteiger partial charge on any atom is 0.194 e. The number of carbonyl (C=O) groups is 1. The molecule has 0 spiro atoms. The van der Waals surface area contributed by atoms with Crippen LogP contribution < -0.4 is 0 Å². The standard InChI is InChI=1S/C13H8O.C2H3N3/c14-13-11-7-3-1-5-9(11)10-6-2-4-8-12(10)13;1-2-4-5-3-1/h1-8H;1-2H,(H,3,4,5). The molecule has 0 saturated heterocycles. The van der Waals surface area contributed by atoms with Gasteiger partial charge in [-0.2, -0.15) is 0 Å². The third-order valence-electron chi connectivity index (χ3n) is 2.96. The molecular weight excluding hydrogens is 238 g/mol. The Labute approximate surface area is 110 Å². The summed E-state index contributed by atoms with van der Waals surface area (Å²) < 4.78 is 0. The summed E-state index contributed by atoms with van der Waals surface area (Å²) in [6.45, 7) is 0. The van der Waals surface area contributed by atoms with Gasteiger partial charge in [-0.15, -0.1) is 5.10 Å². The number of hydrogen-bond donors (Lipinski definition) is 1. The summed E-state index contributed by atoms with van der Waals surface area (Å²) in [6.07, 6.45) is 3.24. The van der Waals surface area contributed by atoms with Gasteiger partial charge in [0.15, 0.2) is 5.78 Å². The van der Waals surface area contributed by atoms with Crippen molar-refractivity contribution in [3.05, 3.63) is 72.1 Å². The maximum absolute atomic E-state index is 11.9. The number of aromatic amines is 1. The Morgan fingerprint density at radius 3 is 1.68 bits per heavy atom. The highest BCUT2D eigenvalue weighted by molar-refractivity contribution is 6.21. The van der Waals surface area contributed by atoms with Crippen LogP contribution in [-0.4, -0.2) is 21.2 Å². The summed E-state index contributed by atoms with van der Waals surface area (Å²) in [5, 5.41) is 9.26. The zero-order valence-electron chi connectivity index (χ0n) is 10.1. The summed E-state index contributed by atoms with van der Waals surface area (Å²) in [5.74, 6) is 0.149. The third-order valence-corrected chi connectivity index (χ3v) is 2.96. The van der Waals surface area contributed by atoms with Crippen molar-refractivity contribution in [2.45, 2.75) is 0 Å². The Morgan fingerprint density at radius 2 is 1.32 bits per heavy atom. The SMILES string of the molecule is O=C1c2ccccc2-c2ccccc21.c1c[nH]nn1. The first-order valence-electron chi connectivity index (χ1n) is 5.91. The lowest BCUT2D eigenvalue weighted by Crippen LogP contribution is -1.93. The van der Waals surface area contributed by atoms with Crippen LogP contribution in [0.25, 0.3) is 11.1 Å². The van der Waals surface area contributed by atoms with Crippen molar-refractivity contribution in [1.29, 1.82) is 0 Å². The molecule has 19 heavy (non-hydrogen) atoms.